The van der Waals surface area contributed by atoms with Gasteiger partial charge >= 0.3 is 0 Å². The average Bonchev–Trinajstić information content (AvgIpc) is 2.60. The highest BCUT2D eigenvalue weighted by molar-refractivity contribution is 7.92. The molecule has 2 aromatic rings. The van der Waals surface area contributed by atoms with Gasteiger partial charge in [-0.15, -0.1) is 0 Å². The largest absolute Gasteiger partial charge is 0.495 e. The van der Waals surface area contributed by atoms with Crippen LogP contribution in [0.25, 0.3) is 0 Å². The number of carbonyl (C=O) groups is 1. The number of carbonyl (C=O) groups excluding carboxylic acids is 1. The molecule has 0 N–H and O–H groups in total. The van der Waals surface area contributed by atoms with Crippen molar-refractivity contribution in [1.82, 2.24) is 0 Å². The fourth-order valence-electron chi connectivity index (χ4n) is 2.34. The minimum atomic E-state index is -3.78. The van der Waals surface area contributed by atoms with Gasteiger partial charge in [0.25, 0.3) is 10.0 Å². The average molecular weight is 362 g/mol. The molecule has 0 aliphatic carbocycles. The third kappa shape index (κ3) is 3.76. The van der Waals surface area contributed by atoms with Crippen LogP contribution in [0.4, 0.5) is 11.4 Å². The van der Waals surface area contributed by atoms with Crippen LogP contribution in [0, 0.1) is 6.92 Å². The lowest BCUT2D eigenvalue weighted by molar-refractivity contribution is -0.116. The molecule has 7 heteroatoms. The molecule has 0 aromatic heterocycles. The van der Waals surface area contributed by atoms with Crippen molar-refractivity contribution in [2.24, 2.45) is 0 Å². The van der Waals surface area contributed by atoms with Crippen LogP contribution >= 0.6 is 0 Å². The first kappa shape index (κ1) is 18.8. The molecule has 0 spiro atoms. The molecule has 0 aliphatic heterocycles. The Morgan fingerprint density at radius 2 is 1.56 bits per heavy atom. The highest BCUT2D eigenvalue weighted by Gasteiger charge is 2.25. The Balaban J connectivity index is 2.41. The molecule has 0 radical (unpaired) electrons. The number of benzene rings is 2. The quantitative estimate of drug-likeness (QED) is 0.820. The third-order valence-electron chi connectivity index (χ3n) is 4.03. The standard InChI is InChI=1S/C18H22N2O4S/c1-13-6-11-17(24-5)18(12-13)25(22,23)20(4)16-9-7-15(8-10-16)19(3)14(2)21/h6-12H,1-5H3. The maximum atomic E-state index is 13.0. The highest BCUT2D eigenvalue weighted by atomic mass is 32.2. The number of methoxy groups -OCH3 is 1. The number of hydrogen-bond donors (Lipinski definition) is 0. The topological polar surface area (TPSA) is 66.9 Å². The summed E-state index contributed by atoms with van der Waals surface area (Å²) in [5, 5.41) is 0. The molecule has 2 aromatic carbocycles. The van der Waals surface area contributed by atoms with E-state index in [1.54, 1.807) is 49.5 Å². The first-order valence-electron chi connectivity index (χ1n) is 7.66. The van der Waals surface area contributed by atoms with Crippen molar-refractivity contribution in [3.63, 3.8) is 0 Å². The van der Waals surface area contributed by atoms with Gasteiger partial charge in [-0.2, -0.15) is 0 Å². The molecule has 0 heterocycles. The van der Waals surface area contributed by atoms with E-state index in [1.165, 1.54) is 30.3 Å². The lowest BCUT2D eigenvalue weighted by Gasteiger charge is -2.22. The molecule has 25 heavy (non-hydrogen) atoms. The summed E-state index contributed by atoms with van der Waals surface area (Å²) in [6.07, 6.45) is 0. The molecule has 1 amide bonds. The highest BCUT2D eigenvalue weighted by Crippen LogP contribution is 2.30. The van der Waals surface area contributed by atoms with Crippen LogP contribution in [-0.4, -0.2) is 35.5 Å². The summed E-state index contributed by atoms with van der Waals surface area (Å²) in [7, 11) is 0.811. The number of ether oxygens (including phenoxy) is 1. The minimum absolute atomic E-state index is 0.0989. The Labute approximate surface area is 148 Å². The predicted molar refractivity (Wildman–Crippen MR) is 98.8 cm³/mol. The number of sulfonamides is 1. The zero-order valence-electron chi connectivity index (χ0n) is 15.0. The summed E-state index contributed by atoms with van der Waals surface area (Å²) in [6.45, 7) is 3.29. The normalized spacial score (nSPS) is 11.1. The Morgan fingerprint density at radius 3 is 2.08 bits per heavy atom. The maximum Gasteiger partial charge on any atom is 0.267 e. The molecule has 6 nitrogen and oxygen atoms in total. The van der Waals surface area contributed by atoms with Gasteiger partial charge in [-0.3, -0.25) is 9.10 Å². The summed E-state index contributed by atoms with van der Waals surface area (Å²) in [5.41, 5.74) is 2.01. The van der Waals surface area contributed by atoms with Gasteiger partial charge in [0.2, 0.25) is 5.91 Å². The zero-order chi connectivity index (χ0) is 18.8. The van der Waals surface area contributed by atoms with Crippen LogP contribution in [0.15, 0.2) is 47.4 Å². The van der Waals surface area contributed by atoms with Gasteiger partial charge in [0.05, 0.1) is 12.8 Å². The minimum Gasteiger partial charge on any atom is -0.495 e. The number of amides is 1. The lowest BCUT2D eigenvalue weighted by atomic mass is 10.2. The lowest BCUT2D eigenvalue weighted by Crippen LogP contribution is -2.27. The van der Waals surface area contributed by atoms with Crippen molar-refractivity contribution >= 4 is 27.3 Å². The van der Waals surface area contributed by atoms with Crippen LogP contribution in [0.2, 0.25) is 0 Å². The Hall–Kier alpha value is -2.54. The van der Waals surface area contributed by atoms with E-state index in [0.29, 0.717) is 17.1 Å². The van der Waals surface area contributed by atoms with Gasteiger partial charge in [0.1, 0.15) is 10.6 Å². The van der Waals surface area contributed by atoms with Crippen molar-refractivity contribution in [3.8, 4) is 5.75 Å². The van der Waals surface area contributed by atoms with Crippen LogP contribution in [0.5, 0.6) is 5.75 Å². The van der Waals surface area contributed by atoms with Crippen LogP contribution in [0.3, 0.4) is 0 Å². The number of aryl methyl sites for hydroxylation is 1. The molecule has 0 unspecified atom stereocenters. The van der Waals surface area contributed by atoms with Gasteiger partial charge < -0.3 is 9.64 Å². The summed E-state index contributed by atoms with van der Waals surface area (Å²) in [4.78, 5) is 13.0. The fraction of sp³-hybridized carbons (Fsp3) is 0.278. The van der Waals surface area contributed by atoms with Gasteiger partial charge in [-0.25, -0.2) is 8.42 Å². The molecule has 0 bridgehead atoms. The fourth-order valence-corrected chi connectivity index (χ4v) is 3.77. The van der Waals surface area contributed by atoms with Crippen LogP contribution in [0.1, 0.15) is 12.5 Å². The molecular weight excluding hydrogens is 340 g/mol. The molecule has 0 saturated carbocycles. The number of rotatable bonds is 5. The second-order valence-electron chi connectivity index (χ2n) is 5.72. The third-order valence-corrected chi connectivity index (χ3v) is 5.84. The van der Waals surface area contributed by atoms with Crippen molar-refractivity contribution in [1.29, 1.82) is 0 Å². The van der Waals surface area contributed by atoms with Crippen LogP contribution in [-0.2, 0) is 14.8 Å². The van der Waals surface area contributed by atoms with E-state index in [1.807, 2.05) is 6.92 Å². The first-order chi connectivity index (χ1) is 11.7. The number of anilines is 2. The summed E-state index contributed by atoms with van der Waals surface area (Å²) < 4.78 is 32.3. The van der Waals surface area contributed by atoms with Crippen LogP contribution < -0.4 is 13.9 Å². The summed E-state index contributed by atoms with van der Waals surface area (Å²) >= 11 is 0. The molecule has 0 fully saturated rings. The molecule has 2 rings (SSSR count). The van der Waals surface area contributed by atoms with E-state index in [9.17, 15) is 13.2 Å². The van der Waals surface area contributed by atoms with E-state index >= 15 is 0 Å². The van der Waals surface area contributed by atoms with E-state index in [-0.39, 0.29) is 10.8 Å². The zero-order valence-corrected chi connectivity index (χ0v) is 15.8. The SMILES string of the molecule is COc1ccc(C)cc1S(=O)(=O)N(C)c1ccc(N(C)C(C)=O)cc1. The Bertz CT molecular complexity index is 876. The van der Waals surface area contributed by atoms with E-state index in [0.717, 1.165) is 5.56 Å². The second-order valence-corrected chi connectivity index (χ2v) is 7.66. The van der Waals surface area contributed by atoms with E-state index in [4.69, 9.17) is 4.74 Å². The smallest absolute Gasteiger partial charge is 0.267 e. The summed E-state index contributed by atoms with van der Waals surface area (Å²) in [6, 6.07) is 11.8. The first-order valence-corrected chi connectivity index (χ1v) is 9.10. The van der Waals surface area contributed by atoms with Crippen molar-refractivity contribution < 1.29 is 17.9 Å². The van der Waals surface area contributed by atoms with Crippen molar-refractivity contribution in [2.75, 3.05) is 30.4 Å². The Kier molecular flexibility index (Phi) is 5.37. The molecule has 0 aliphatic rings. The molecule has 0 atom stereocenters. The van der Waals surface area contributed by atoms with E-state index < -0.39 is 10.0 Å². The Morgan fingerprint density at radius 1 is 1.00 bits per heavy atom. The summed E-state index contributed by atoms with van der Waals surface area (Å²) in [5.74, 6) is 0.198. The van der Waals surface area contributed by atoms with Crippen molar-refractivity contribution in [3.05, 3.63) is 48.0 Å². The molecular formula is C18H22N2O4S. The maximum absolute atomic E-state index is 13.0. The monoisotopic (exact) mass is 362 g/mol. The molecule has 134 valence electrons. The van der Waals surface area contributed by atoms with Gasteiger partial charge in [-0.1, -0.05) is 6.07 Å². The van der Waals surface area contributed by atoms with E-state index in [2.05, 4.69) is 0 Å². The van der Waals surface area contributed by atoms with Gasteiger partial charge in [0, 0.05) is 26.7 Å². The number of nitrogens with zero attached hydrogens (tertiary/aromatic N) is 2. The predicted octanol–water partition coefficient (Wildman–Crippen LogP) is 2.81. The van der Waals surface area contributed by atoms with Gasteiger partial charge in [0.15, 0.2) is 0 Å². The van der Waals surface area contributed by atoms with Gasteiger partial charge in [-0.05, 0) is 48.9 Å². The second kappa shape index (κ2) is 7.14. The molecule has 0 saturated heterocycles. The number of hydrogen-bond acceptors (Lipinski definition) is 4. The van der Waals surface area contributed by atoms with Crippen molar-refractivity contribution in [2.45, 2.75) is 18.7 Å².